The summed E-state index contributed by atoms with van der Waals surface area (Å²) < 4.78 is 1.85. The first-order chi connectivity index (χ1) is 12.7. The quantitative estimate of drug-likeness (QED) is 0.754. The van der Waals surface area contributed by atoms with Crippen LogP contribution in [0.4, 0.5) is 0 Å². The molecule has 0 unspecified atom stereocenters. The van der Waals surface area contributed by atoms with Crippen LogP contribution in [0.15, 0.2) is 6.20 Å². The van der Waals surface area contributed by atoms with E-state index in [1.54, 1.807) is 6.20 Å². The molecule has 0 radical (unpaired) electrons. The first-order valence-corrected chi connectivity index (χ1v) is 9.50. The molecule has 140 valence electrons. The maximum absolute atomic E-state index is 12.7. The van der Waals surface area contributed by atoms with E-state index in [4.69, 9.17) is 0 Å². The summed E-state index contributed by atoms with van der Waals surface area (Å²) in [5.41, 5.74) is 1.69. The maximum atomic E-state index is 12.7. The molecule has 8 heteroatoms. The van der Waals surface area contributed by atoms with Crippen LogP contribution in [0.5, 0.6) is 0 Å². The highest BCUT2D eigenvalue weighted by molar-refractivity contribution is 5.95. The van der Waals surface area contributed by atoms with Crippen LogP contribution < -0.4 is 5.32 Å². The van der Waals surface area contributed by atoms with Gasteiger partial charge in [-0.3, -0.25) is 9.89 Å². The number of nitrogens with zero attached hydrogens (tertiary/aromatic N) is 4. The monoisotopic (exact) mass is 358 g/mol. The average molecular weight is 358 g/mol. The summed E-state index contributed by atoms with van der Waals surface area (Å²) in [6, 6.07) is 0.149. The van der Waals surface area contributed by atoms with E-state index in [0.717, 1.165) is 37.2 Å². The Morgan fingerprint density at radius 1 is 1.27 bits per heavy atom. The highest BCUT2D eigenvalue weighted by Gasteiger charge is 2.35. The van der Waals surface area contributed by atoms with Gasteiger partial charge in [0.15, 0.2) is 5.82 Å². The molecule has 2 aliphatic carbocycles. The van der Waals surface area contributed by atoms with Crippen molar-refractivity contribution in [3.8, 4) is 0 Å². The summed E-state index contributed by atoms with van der Waals surface area (Å²) in [6.07, 6.45) is 9.35. The molecule has 0 aliphatic heterocycles. The van der Waals surface area contributed by atoms with E-state index in [2.05, 4.69) is 25.7 Å². The normalized spacial score (nSPS) is 23.6. The number of nitrogens with one attached hydrogen (secondary N) is 2. The number of hydrogen-bond acceptors (Lipinski definition) is 5. The van der Waals surface area contributed by atoms with Gasteiger partial charge in [0.25, 0.3) is 5.91 Å². The molecule has 2 heterocycles. The van der Waals surface area contributed by atoms with E-state index in [1.165, 1.54) is 19.3 Å². The van der Waals surface area contributed by atoms with Crippen molar-refractivity contribution >= 4 is 5.91 Å². The minimum atomic E-state index is -0.110. The standard InChI is InChI=1S/C18H26N6O2/c1-24-15(10-25)21-23-17(24)12-7-13(8-12)20-18(26)14-9-19-22-16(14)11-5-3-2-4-6-11/h9,11-13,25H,2-8,10H2,1H3,(H,19,22)(H,20,26). The van der Waals surface area contributed by atoms with Gasteiger partial charge in [-0.15, -0.1) is 10.2 Å². The Bertz CT molecular complexity index is 770. The van der Waals surface area contributed by atoms with Gasteiger partial charge in [0.1, 0.15) is 12.4 Å². The number of rotatable bonds is 5. The number of hydrogen-bond donors (Lipinski definition) is 3. The Kier molecular flexibility index (Phi) is 4.76. The summed E-state index contributed by atoms with van der Waals surface area (Å²) in [5.74, 6) is 2.13. The predicted octanol–water partition coefficient (Wildman–Crippen LogP) is 1.75. The van der Waals surface area contributed by atoms with Gasteiger partial charge in [-0.2, -0.15) is 5.10 Å². The zero-order chi connectivity index (χ0) is 18.1. The minimum Gasteiger partial charge on any atom is -0.388 e. The largest absolute Gasteiger partial charge is 0.388 e. The van der Waals surface area contributed by atoms with E-state index < -0.39 is 0 Å². The molecule has 0 atom stereocenters. The third-order valence-corrected chi connectivity index (χ3v) is 5.91. The number of carbonyl (C=O) groups excluding carboxylic acids is 1. The topological polar surface area (TPSA) is 109 Å². The summed E-state index contributed by atoms with van der Waals surface area (Å²) >= 11 is 0. The van der Waals surface area contributed by atoms with Gasteiger partial charge in [0, 0.05) is 24.9 Å². The minimum absolute atomic E-state index is 0.0308. The maximum Gasteiger partial charge on any atom is 0.254 e. The fourth-order valence-corrected chi connectivity index (χ4v) is 4.26. The van der Waals surface area contributed by atoms with Gasteiger partial charge >= 0.3 is 0 Å². The second kappa shape index (κ2) is 7.19. The van der Waals surface area contributed by atoms with Crippen molar-refractivity contribution in [2.45, 2.75) is 69.4 Å². The van der Waals surface area contributed by atoms with E-state index in [1.807, 2.05) is 11.6 Å². The van der Waals surface area contributed by atoms with Crippen molar-refractivity contribution in [1.29, 1.82) is 0 Å². The molecule has 4 rings (SSSR count). The predicted molar refractivity (Wildman–Crippen MR) is 94.6 cm³/mol. The Labute approximate surface area is 152 Å². The van der Waals surface area contributed by atoms with Crippen LogP contribution >= 0.6 is 0 Å². The zero-order valence-corrected chi connectivity index (χ0v) is 15.1. The number of amides is 1. The highest BCUT2D eigenvalue weighted by atomic mass is 16.3. The third-order valence-electron chi connectivity index (χ3n) is 5.91. The lowest BCUT2D eigenvalue weighted by Gasteiger charge is -2.35. The van der Waals surface area contributed by atoms with E-state index in [0.29, 0.717) is 17.3 Å². The van der Waals surface area contributed by atoms with Gasteiger partial charge in [-0.1, -0.05) is 19.3 Å². The van der Waals surface area contributed by atoms with Gasteiger partial charge in [-0.25, -0.2) is 0 Å². The summed E-state index contributed by atoms with van der Waals surface area (Å²) in [7, 11) is 1.87. The first-order valence-electron chi connectivity index (χ1n) is 9.50. The molecule has 2 saturated carbocycles. The number of carbonyl (C=O) groups is 1. The SMILES string of the molecule is Cn1c(CO)nnc1C1CC(NC(=O)c2cn[nH]c2C2CCCCC2)C1. The smallest absolute Gasteiger partial charge is 0.254 e. The van der Waals surface area contributed by atoms with Crippen molar-refractivity contribution in [3.05, 3.63) is 29.1 Å². The van der Waals surface area contributed by atoms with Crippen molar-refractivity contribution in [2.75, 3.05) is 0 Å². The lowest BCUT2D eigenvalue weighted by Crippen LogP contribution is -2.44. The molecule has 0 aromatic carbocycles. The molecule has 2 aliphatic rings. The molecule has 26 heavy (non-hydrogen) atoms. The van der Waals surface area contributed by atoms with Crippen LogP contribution in [-0.2, 0) is 13.7 Å². The van der Waals surface area contributed by atoms with E-state index in [-0.39, 0.29) is 24.5 Å². The van der Waals surface area contributed by atoms with Crippen molar-refractivity contribution in [2.24, 2.45) is 7.05 Å². The molecule has 3 N–H and O–H groups in total. The Morgan fingerprint density at radius 3 is 2.73 bits per heavy atom. The molecular formula is C18H26N6O2. The number of aliphatic hydroxyl groups excluding tert-OH is 1. The molecule has 2 aromatic rings. The third kappa shape index (κ3) is 3.13. The van der Waals surface area contributed by atoms with Crippen LogP contribution in [0.2, 0.25) is 0 Å². The Morgan fingerprint density at radius 2 is 2.04 bits per heavy atom. The number of H-pyrrole nitrogens is 1. The second-order valence-electron chi connectivity index (χ2n) is 7.56. The molecule has 8 nitrogen and oxygen atoms in total. The molecule has 2 aromatic heterocycles. The molecule has 0 saturated heterocycles. The van der Waals surface area contributed by atoms with Crippen LogP contribution in [0.25, 0.3) is 0 Å². The van der Waals surface area contributed by atoms with Crippen molar-refractivity contribution in [1.82, 2.24) is 30.3 Å². The fraction of sp³-hybridized carbons (Fsp3) is 0.667. The van der Waals surface area contributed by atoms with Gasteiger partial charge < -0.3 is 15.0 Å². The molecule has 0 bridgehead atoms. The number of aliphatic hydroxyl groups is 1. The molecule has 1 amide bonds. The number of aromatic amines is 1. The second-order valence-corrected chi connectivity index (χ2v) is 7.56. The van der Waals surface area contributed by atoms with Crippen LogP contribution in [0.1, 0.15) is 84.5 Å². The number of aromatic nitrogens is 5. The van der Waals surface area contributed by atoms with Crippen LogP contribution in [-0.4, -0.2) is 42.0 Å². The lowest BCUT2D eigenvalue weighted by molar-refractivity contribution is 0.0905. The van der Waals surface area contributed by atoms with Gasteiger partial charge in [0.2, 0.25) is 0 Å². The highest BCUT2D eigenvalue weighted by Crippen LogP contribution is 2.37. The average Bonchev–Trinajstić information content (AvgIpc) is 3.25. The van der Waals surface area contributed by atoms with Crippen molar-refractivity contribution in [3.63, 3.8) is 0 Å². The van der Waals surface area contributed by atoms with Crippen molar-refractivity contribution < 1.29 is 9.90 Å². The van der Waals surface area contributed by atoms with E-state index >= 15 is 0 Å². The van der Waals surface area contributed by atoms with Gasteiger partial charge in [-0.05, 0) is 25.7 Å². The van der Waals surface area contributed by atoms with Gasteiger partial charge in [0.05, 0.1) is 17.5 Å². The fourth-order valence-electron chi connectivity index (χ4n) is 4.26. The summed E-state index contributed by atoms with van der Waals surface area (Å²) in [6.45, 7) is -0.110. The van der Waals surface area contributed by atoms with E-state index in [9.17, 15) is 9.90 Å². The summed E-state index contributed by atoms with van der Waals surface area (Å²) in [4.78, 5) is 12.7. The first kappa shape index (κ1) is 17.2. The molecular weight excluding hydrogens is 332 g/mol. The molecule has 2 fully saturated rings. The Balaban J connectivity index is 1.35. The molecule has 0 spiro atoms. The lowest BCUT2D eigenvalue weighted by atomic mass is 9.79. The van der Waals surface area contributed by atoms with Crippen LogP contribution in [0.3, 0.4) is 0 Å². The zero-order valence-electron chi connectivity index (χ0n) is 15.1. The summed E-state index contributed by atoms with van der Waals surface area (Å²) in [5, 5.41) is 27.7. The van der Waals surface area contributed by atoms with Crippen LogP contribution in [0, 0.1) is 0 Å². The Hall–Kier alpha value is -2.22.